The van der Waals surface area contributed by atoms with Crippen LogP contribution < -0.4 is 4.90 Å². The van der Waals surface area contributed by atoms with Gasteiger partial charge in [-0.05, 0) is 0 Å². The number of hydrogen-bond acceptors (Lipinski definition) is 7. The zero-order valence-corrected chi connectivity index (χ0v) is 11.4. The summed E-state index contributed by atoms with van der Waals surface area (Å²) in [6, 6.07) is 0. The predicted octanol–water partition coefficient (Wildman–Crippen LogP) is 0.508. The van der Waals surface area contributed by atoms with Gasteiger partial charge in [0, 0.05) is 19.8 Å². The SMILES string of the molecule is COC(=O)c1cncnc1N(C)C[C@@H](C)C(=O)OC. The smallest absolute Gasteiger partial charge is 0.343 e. The van der Waals surface area contributed by atoms with Crippen LogP contribution in [0.1, 0.15) is 17.3 Å². The standard InChI is InChI=1S/C12H17N3O4/c1-8(11(16)18-3)6-15(2)10-9(12(17)19-4)5-13-7-14-10/h5,7-8H,6H2,1-4H3/t8-/m1/s1. The number of carbonyl (C=O) groups excluding carboxylic acids is 2. The highest BCUT2D eigenvalue weighted by atomic mass is 16.5. The van der Waals surface area contributed by atoms with Crippen LogP contribution in [-0.4, -0.2) is 49.7 Å². The largest absolute Gasteiger partial charge is 0.469 e. The molecule has 7 heteroatoms. The molecule has 1 heterocycles. The predicted molar refractivity (Wildman–Crippen MR) is 67.8 cm³/mol. The van der Waals surface area contributed by atoms with Crippen molar-refractivity contribution in [2.45, 2.75) is 6.92 Å². The van der Waals surface area contributed by atoms with Gasteiger partial charge in [0.25, 0.3) is 0 Å². The van der Waals surface area contributed by atoms with E-state index in [1.165, 1.54) is 26.7 Å². The first-order valence-corrected chi connectivity index (χ1v) is 5.68. The molecule has 0 aliphatic carbocycles. The molecule has 104 valence electrons. The Balaban J connectivity index is 2.90. The van der Waals surface area contributed by atoms with Crippen molar-refractivity contribution in [3.05, 3.63) is 18.1 Å². The van der Waals surface area contributed by atoms with E-state index < -0.39 is 5.97 Å². The first-order chi connectivity index (χ1) is 9.01. The second-order valence-electron chi connectivity index (χ2n) is 4.06. The summed E-state index contributed by atoms with van der Waals surface area (Å²) in [5, 5.41) is 0. The van der Waals surface area contributed by atoms with E-state index in [2.05, 4.69) is 19.4 Å². The first-order valence-electron chi connectivity index (χ1n) is 5.68. The van der Waals surface area contributed by atoms with Gasteiger partial charge in [0.2, 0.25) is 0 Å². The minimum atomic E-state index is -0.520. The third-order valence-corrected chi connectivity index (χ3v) is 2.61. The molecule has 0 radical (unpaired) electrons. The van der Waals surface area contributed by atoms with Gasteiger partial charge >= 0.3 is 11.9 Å². The average Bonchev–Trinajstić information content (AvgIpc) is 2.45. The number of hydrogen-bond donors (Lipinski definition) is 0. The van der Waals surface area contributed by atoms with Gasteiger partial charge < -0.3 is 14.4 Å². The summed E-state index contributed by atoms with van der Waals surface area (Å²) < 4.78 is 9.32. The van der Waals surface area contributed by atoms with Crippen molar-refractivity contribution in [1.82, 2.24) is 9.97 Å². The molecule has 0 N–H and O–H groups in total. The van der Waals surface area contributed by atoms with Crippen molar-refractivity contribution in [3.63, 3.8) is 0 Å². The molecule has 0 saturated heterocycles. The Morgan fingerprint density at radius 3 is 2.63 bits per heavy atom. The molecule has 1 aromatic heterocycles. The maximum atomic E-state index is 11.6. The number of anilines is 1. The molecule has 0 aliphatic rings. The Hall–Kier alpha value is -2.18. The number of methoxy groups -OCH3 is 2. The van der Waals surface area contributed by atoms with Gasteiger partial charge in [-0.3, -0.25) is 4.79 Å². The molecule has 19 heavy (non-hydrogen) atoms. The Labute approximate surface area is 111 Å². The topological polar surface area (TPSA) is 81.6 Å². The molecule has 0 aromatic carbocycles. The van der Waals surface area contributed by atoms with E-state index >= 15 is 0 Å². The lowest BCUT2D eigenvalue weighted by atomic mass is 10.1. The Morgan fingerprint density at radius 1 is 1.37 bits per heavy atom. The quantitative estimate of drug-likeness (QED) is 0.719. The van der Waals surface area contributed by atoms with Crippen LogP contribution in [0, 0.1) is 5.92 Å². The Kier molecular flexibility index (Phi) is 5.23. The van der Waals surface area contributed by atoms with Crippen LogP contribution >= 0.6 is 0 Å². The number of carbonyl (C=O) groups is 2. The van der Waals surface area contributed by atoms with Gasteiger partial charge in [0.05, 0.1) is 20.1 Å². The van der Waals surface area contributed by atoms with Crippen molar-refractivity contribution < 1.29 is 19.1 Å². The Morgan fingerprint density at radius 2 is 2.05 bits per heavy atom. The zero-order chi connectivity index (χ0) is 14.4. The van der Waals surface area contributed by atoms with Crippen LogP contribution in [0.25, 0.3) is 0 Å². The minimum absolute atomic E-state index is 0.254. The summed E-state index contributed by atoms with van der Waals surface area (Å²) >= 11 is 0. The summed E-state index contributed by atoms with van der Waals surface area (Å²) in [7, 11) is 4.35. The fraction of sp³-hybridized carbons (Fsp3) is 0.500. The van der Waals surface area contributed by atoms with E-state index in [0.29, 0.717) is 12.4 Å². The molecule has 7 nitrogen and oxygen atoms in total. The third-order valence-electron chi connectivity index (χ3n) is 2.61. The normalized spacial score (nSPS) is 11.6. The highest BCUT2D eigenvalue weighted by Gasteiger charge is 2.21. The fourth-order valence-electron chi connectivity index (χ4n) is 1.65. The van der Waals surface area contributed by atoms with E-state index in [0.717, 1.165) is 0 Å². The number of ether oxygens (including phenoxy) is 2. The van der Waals surface area contributed by atoms with Gasteiger partial charge in [0.1, 0.15) is 17.7 Å². The van der Waals surface area contributed by atoms with Crippen molar-refractivity contribution in [1.29, 1.82) is 0 Å². The zero-order valence-electron chi connectivity index (χ0n) is 11.4. The van der Waals surface area contributed by atoms with Crippen molar-refractivity contribution >= 4 is 17.8 Å². The number of rotatable bonds is 5. The maximum absolute atomic E-state index is 11.6. The lowest BCUT2D eigenvalue weighted by Gasteiger charge is -2.22. The van der Waals surface area contributed by atoms with E-state index in [9.17, 15) is 9.59 Å². The van der Waals surface area contributed by atoms with Crippen molar-refractivity contribution in [3.8, 4) is 0 Å². The highest BCUT2D eigenvalue weighted by molar-refractivity contribution is 5.94. The fourth-order valence-corrected chi connectivity index (χ4v) is 1.65. The van der Waals surface area contributed by atoms with Crippen LogP contribution in [0.5, 0.6) is 0 Å². The molecule has 0 unspecified atom stereocenters. The second kappa shape index (κ2) is 6.67. The molecule has 0 bridgehead atoms. The van der Waals surface area contributed by atoms with Gasteiger partial charge in [-0.2, -0.15) is 0 Å². The van der Waals surface area contributed by atoms with Gasteiger partial charge in [-0.25, -0.2) is 14.8 Å². The number of aromatic nitrogens is 2. The summed E-state index contributed by atoms with van der Waals surface area (Å²) in [5.41, 5.74) is 0.254. The molecule has 1 atom stereocenters. The minimum Gasteiger partial charge on any atom is -0.469 e. The highest BCUT2D eigenvalue weighted by Crippen LogP contribution is 2.17. The average molecular weight is 267 g/mol. The maximum Gasteiger partial charge on any atom is 0.343 e. The number of esters is 2. The Bertz CT molecular complexity index is 464. The lowest BCUT2D eigenvalue weighted by molar-refractivity contribution is -0.144. The molecular weight excluding hydrogens is 250 g/mol. The molecule has 1 aromatic rings. The lowest BCUT2D eigenvalue weighted by Crippen LogP contribution is -2.31. The van der Waals surface area contributed by atoms with Crippen LogP contribution in [0.4, 0.5) is 5.82 Å². The molecule has 0 fully saturated rings. The van der Waals surface area contributed by atoms with Crippen LogP contribution in [0.2, 0.25) is 0 Å². The van der Waals surface area contributed by atoms with Crippen LogP contribution in [0.15, 0.2) is 12.5 Å². The van der Waals surface area contributed by atoms with Crippen molar-refractivity contribution in [2.75, 3.05) is 32.7 Å². The second-order valence-corrected chi connectivity index (χ2v) is 4.06. The van der Waals surface area contributed by atoms with Gasteiger partial charge in [0.15, 0.2) is 0 Å². The summed E-state index contributed by atoms with van der Waals surface area (Å²) in [6.07, 6.45) is 2.72. The molecule has 0 saturated carbocycles. The molecule has 0 amide bonds. The van der Waals surface area contributed by atoms with E-state index in [1.54, 1.807) is 18.9 Å². The van der Waals surface area contributed by atoms with Crippen LogP contribution in [-0.2, 0) is 14.3 Å². The van der Waals surface area contributed by atoms with E-state index in [4.69, 9.17) is 0 Å². The summed E-state index contributed by atoms with van der Waals surface area (Å²) in [4.78, 5) is 32.5. The van der Waals surface area contributed by atoms with Crippen LogP contribution in [0.3, 0.4) is 0 Å². The third kappa shape index (κ3) is 3.64. The molecular formula is C12H17N3O4. The van der Waals surface area contributed by atoms with Gasteiger partial charge in [-0.15, -0.1) is 0 Å². The van der Waals surface area contributed by atoms with E-state index in [-0.39, 0.29) is 17.5 Å². The van der Waals surface area contributed by atoms with E-state index in [1.807, 2.05) is 0 Å². The number of nitrogens with zero attached hydrogens (tertiary/aromatic N) is 3. The van der Waals surface area contributed by atoms with Crippen molar-refractivity contribution in [2.24, 2.45) is 5.92 Å². The summed E-state index contributed by atoms with van der Waals surface area (Å²) in [5.74, 6) is -0.762. The molecule has 0 aliphatic heterocycles. The monoisotopic (exact) mass is 267 g/mol. The van der Waals surface area contributed by atoms with Gasteiger partial charge in [-0.1, -0.05) is 6.92 Å². The first kappa shape index (κ1) is 14.9. The molecule has 1 rings (SSSR count). The summed E-state index contributed by atoms with van der Waals surface area (Å²) in [6.45, 7) is 2.11. The molecule has 0 spiro atoms.